The third-order valence-corrected chi connectivity index (χ3v) is 4.23. The quantitative estimate of drug-likeness (QED) is 0.229. The zero-order valence-electron chi connectivity index (χ0n) is 12.2. The van der Waals surface area contributed by atoms with E-state index in [9.17, 15) is 9.59 Å². The van der Waals surface area contributed by atoms with Crippen LogP contribution in [0.2, 0.25) is 0 Å². The summed E-state index contributed by atoms with van der Waals surface area (Å²) < 4.78 is 10.4. The highest BCUT2D eigenvalue weighted by Gasteiger charge is 2.16. The van der Waals surface area contributed by atoms with Crippen LogP contribution >= 0.6 is 31.9 Å². The van der Waals surface area contributed by atoms with Gasteiger partial charge in [0.05, 0.1) is 26.4 Å². The molecule has 0 rings (SSSR count). The van der Waals surface area contributed by atoms with Crippen molar-refractivity contribution in [2.45, 2.75) is 0 Å². The summed E-state index contributed by atoms with van der Waals surface area (Å²) in [7, 11) is 0. The molecule has 0 fully saturated rings. The summed E-state index contributed by atoms with van der Waals surface area (Å²) in [6.07, 6.45) is 0. The van der Waals surface area contributed by atoms with Gasteiger partial charge in [-0.2, -0.15) is 0 Å². The van der Waals surface area contributed by atoms with E-state index in [1.807, 2.05) is 0 Å². The molecule has 0 bridgehead atoms. The Hall–Kier alpha value is -0.520. The lowest BCUT2D eigenvalue weighted by Crippen LogP contribution is -2.31. The number of hydrogen-bond donors (Lipinski definition) is 4. The number of ether oxygens (including phenoxy) is 2. The SMILES string of the molecule is NCCOCCNC(=O)C(Br)=C(Br)C(=O)NCCOCCN. The van der Waals surface area contributed by atoms with Gasteiger partial charge in [-0.25, -0.2) is 0 Å². The third kappa shape index (κ3) is 10.2. The molecular weight excluding hydrogens is 424 g/mol. The standard InChI is InChI=1S/C12H22Br2N4O4/c13-9(11(19)17-3-7-21-5-1-15)10(14)12(20)18-4-8-22-6-2-16/h1-8,15-16H2,(H,17,19)(H,18,20). The average Bonchev–Trinajstić information content (AvgIpc) is 2.52. The Morgan fingerprint density at radius 2 is 1.14 bits per heavy atom. The zero-order valence-corrected chi connectivity index (χ0v) is 15.4. The molecule has 2 amide bonds. The molecule has 10 heteroatoms. The second kappa shape index (κ2) is 14.1. The van der Waals surface area contributed by atoms with Gasteiger partial charge in [-0.1, -0.05) is 0 Å². The molecule has 0 spiro atoms. The number of carbonyl (C=O) groups excluding carboxylic acids is 2. The highest BCUT2D eigenvalue weighted by Crippen LogP contribution is 2.18. The van der Waals surface area contributed by atoms with Crippen LogP contribution in [0.25, 0.3) is 0 Å². The summed E-state index contributed by atoms with van der Waals surface area (Å²) in [5.74, 6) is -0.837. The normalized spacial score (nSPS) is 11.8. The smallest absolute Gasteiger partial charge is 0.259 e. The predicted octanol–water partition coefficient (Wildman–Crippen LogP) is -0.829. The molecule has 0 atom stereocenters. The molecule has 128 valence electrons. The predicted molar refractivity (Wildman–Crippen MR) is 90.6 cm³/mol. The van der Waals surface area contributed by atoms with Crippen molar-refractivity contribution in [3.05, 3.63) is 8.96 Å². The lowest BCUT2D eigenvalue weighted by molar-refractivity contribution is -0.119. The van der Waals surface area contributed by atoms with Crippen LogP contribution in [0.5, 0.6) is 0 Å². The largest absolute Gasteiger partial charge is 0.378 e. The van der Waals surface area contributed by atoms with Crippen LogP contribution in [0.15, 0.2) is 8.96 Å². The van der Waals surface area contributed by atoms with Crippen LogP contribution in [0.1, 0.15) is 0 Å². The van der Waals surface area contributed by atoms with E-state index in [0.717, 1.165) is 0 Å². The topological polar surface area (TPSA) is 129 Å². The maximum absolute atomic E-state index is 11.8. The number of hydrogen-bond acceptors (Lipinski definition) is 6. The Morgan fingerprint density at radius 3 is 1.45 bits per heavy atom. The molecule has 0 saturated carbocycles. The van der Waals surface area contributed by atoms with Crippen LogP contribution in [0.3, 0.4) is 0 Å². The molecule has 0 aliphatic heterocycles. The first-order valence-electron chi connectivity index (χ1n) is 6.71. The van der Waals surface area contributed by atoms with Crippen molar-refractivity contribution in [2.75, 3.05) is 52.6 Å². The summed E-state index contributed by atoms with van der Waals surface area (Å²) in [6, 6.07) is 0. The van der Waals surface area contributed by atoms with Gasteiger partial charge in [-0.15, -0.1) is 0 Å². The Morgan fingerprint density at radius 1 is 0.773 bits per heavy atom. The van der Waals surface area contributed by atoms with Crippen LogP contribution < -0.4 is 22.1 Å². The van der Waals surface area contributed by atoms with E-state index in [-0.39, 0.29) is 8.96 Å². The lowest BCUT2D eigenvalue weighted by Gasteiger charge is -2.08. The fourth-order valence-corrected chi connectivity index (χ4v) is 1.84. The number of nitrogens with one attached hydrogen (secondary N) is 2. The molecular formula is C12H22Br2N4O4. The van der Waals surface area contributed by atoms with Crippen LogP contribution in [-0.4, -0.2) is 64.4 Å². The summed E-state index contributed by atoms with van der Waals surface area (Å²) >= 11 is 6.15. The molecule has 0 radical (unpaired) electrons. The Bertz CT molecular complexity index is 346. The summed E-state index contributed by atoms with van der Waals surface area (Å²) in [5.41, 5.74) is 10.5. The number of carbonyl (C=O) groups is 2. The van der Waals surface area contributed by atoms with Gasteiger partial charge in [-0.3, -0.25) is 9.59 Å². The van der Waals surface area contributed by atoms with E-state index < -0.39 is 11.8 Å². The first-order chi connectivity index (χ1) is 10.5. The van der Waals surface area contributed by atoms with E-state index in [1.54, 1.807) is 0 Å². The number of halogens is 2. The van der Waals surface area contributed by atoms with Gasteiger partial charge >= 0.3 is 0 Å². The van der Waals surface area contributed by atoms with Crippen molar-refractivity contribution in [3.63, 3.8) is 0 Å². The highest BCUT2D eigenvalue weighted by molar-refractivity contribution is 9.14. The van der Waals surface area contributed by atoms with Crippen molar-refractivity contribution in [3.8, 4) is 0 Å². The van der Waals surface area contributed by atoms with Crippen molar-refractivity contribution in [2.24, 2.45) is 11.5 Å². The minimum atomic E-state index is -0.419. The third-order valence-electron chi connectivity index (χ3n) is 2.18. The average molecular weight is 446 g/mol. The maximum Gasteiger partial charge on any atom is 0.259 e. The molecule has 0 aromatic heterocycles. The zero-order chi connectivity index (χ0) is 16.8. The molecule has 6 N–H and O–H groups in total. The molecule has 0 aromatic rings. The summed E-state index contributed by atoms with van der Waals surface area (Å²) in [4.78, 5) is 23.6. The number of nitrogens with two attached hydrogens (primary N) is 2. The fraction of sp³-hybridized carbons (Fsp3) is 0.667. The lowest BCUT2D eigenvalue weighted by atomic mass is 10.4. The van der Waals surface area contributed by atoms with Gasteiger partial charge in [0.25, 0.3) is 11.8 Å². The maximum atomic E-state index is 11.8. The second-order valence-corrected chi connectivity index (χ2v) is 5.53. The number of rotatable bonds is 12. The van der Waals surface area contributed by atoms with Gasteiger partial charge in [0.2, 0.25) is 0 Å². The van der Waals surface area contributed by atoms with Crippen molar-refractivity contribution < 1.29 is 19.1 Å². The monoisotopic (exact) mass is 444 g/mol. The first-order valence-corrected chi connectivity index (χ1v) is 8.30. The molecule has 0 unspecified atom stereocenters. The van der Waals surface area contributed by atoms with Gasteiger partial charge in [0.15, 0.2) is 0 Å². The molecule has 22 heavy (non-hydrogen) atoms. The van der Waals surface area contributed by atoms with Gasteiger partial charge in [0, 0.05) is 26.2 Å². The Balaban J connectivity index is 4.09. The summed E-state index contributed by atoms with van der Waals surface area (Å²) in [5, 5.41) is 5.21. The van der Waals surface area contributed by atoms with E-state index >= 15 is 0 Å². The molecule has 8 nitrogen and oxygen atoms in total. The van der Waals surface area contributed by atoms with Crippen molar-refractivity contribution >= 4 is 43.7 Å². The highest BCUT2D eigenvalue weighted by atomic mass is 79.9. The van der Waals surface area contributed by atoms with E-state index in [2.05, 4.69) is 42.5 Å². The fourth-order valence-electron chi connectivity index (χ4n) is 1.20. The van der Waals surface area contributed by atoms with Gasteiger partial charge in [-0.05, 0) is 31.9 Å². The summed E-state index contributed by atoms with van der Waals surface area (Å²) in [6.45, 7) is 3.08. The van der Waals surface area contributed by atoms with Crippen molar-refractivity contribution in [1.82, 2.24) is 10.6 Å². The Kier molecular flexibility index (Phi) is 13.8. The molecule has 0 saturated heterocycles. The Labute approximate surface area is 146 Å². The van der Waals surface area contributed by atoms with E-state index in [1.165, 1.54) is 0 Å². The first kappa shape index (κ1) is 21.5. The van der Waals surface area contributed by atoms with Crippen LogP contribution in [-0.2, 0) is 19.1 Å². The van der Waals surface area contributed by atoms with Crippen LogP contribution in [0, 0.1) is 0 Å². The second-order valence-electron chi connectivity index (χ2n) is 3.94. The van der Waals surface area contributed by atoms with Crippen molar-refractivity contribution in [1.29, 1.82) is 0 Å². The number of amides is 2. The van der Waals surface area contributed by atoms with Gasteiger partial charge in [0.1, 0.15) is 8.96 Å². The van der Waals surface area contributed by atoms with Crippen LogP contribution in [0.4, 0.5) is 0 Å². The van der Waals surface area contributed by atoms with E-state index in [0.29, 0.717) is 52.6 Å². The van der Waals surface area contributed by atoms with E-state index in [4.69, 9.17) is 20.9 Å². The minimum absolute atomic E-state index is 0.103. The molecule has 0 aliphatic carbocycles. The molecule has 0 aromatic carbocycles. The van der Waals surface area contributed by atoms with Gasteiger partial charge < -0.3 is 31.6 Å². The minimum Gasteiger partial charge on any atom is -0.378 e. The molecule has 0 aliphatic rings. The molecule has 0 heterocycles.